The van der Waals surface area contributed by atoms with Gasteiger partial charge in [-0.05, 0) is 0 Å². The van der Waals surface area contributed by atoms with Crippen molar-refractivity contribution in [2.45, 2.75) is 12.2 Å². The van der Waals surface area contributed by atoms with Gasteiger partial charge in [0.15, 0.2) is 12.2 Å². The first-order valence-corrected chi connectivity index (χ1v) is 3.39. The van der Waals surface area contributed by atoms with Crippen molar-refractivity contribution in [3.8, 4) is 0 Å². The van der Waals surface area contributed by atoms with Crippen LogP contribution in [-0.4, -0.2) is 148 Å². The third kappa shape index (κ3) is 14.5. The van der Waals surface area contributed by atoms with Crippen LogP contribution in [0, 0.1) is 0 Å². The number of hydrogen-bond donors (Lipinski definition) is 6. The van der Waals surface area contributed by atoms with Gasteiger partial charge >= 0.3 is 105 Å². The number of aliphatic hydroxyl groups excluding tert-OH is 2. The van der Waals surface area contributed by atoms with Crippen LogP contribution in [0.1, 0.15) is 0 Å². The second-order valence-corrected chi connectivity index (χ2v) is 2.18. The molecule has 18 heavy (non-hydrogen) atoms. The van der Waals surface area contributed by atoms with E-state index in [4.69, 9.17) is 40.2 Å². The van der Waals surface area contributed by atoms with Gasteiger partial charge in [0.2, 0.25) is 0 Å². The maximum atomic E-state index is 9.77. The first-order chi connectivity index (χ1) is 7.11. The van der Waals surface area contributed by atoms with Crippen molar-refractivity contribution in [2.75, 3.05) is 0 Å². The van der Waals surface area contributed by atoms with E-state index in [1.54, 1.807) is 0 Å². The Labute approximate surface area is 164 Å². The van der Waals surface area contributed by atoms with Crippen LogP contribution >= 0.6 is 0 Å². The molecule has 12 heteroatoms. The standard InChI is InChI=1S/C4H6O6.C2H2O4.K.Na.2H/c5-1(3(7)8)2(6)4(9)10;3-1(4)2(5)6;;;;/h1-2,5-6H,(H,7,8)(H,9,10);(H,3,4)(H,5,6);;;;. The van der Waals surface area contributed by atoms with Crippen molar-refractivity contribution in [2.24, 2.45) is 0 Å². The van der Waals surface area contributed by atoms with E-state index in [1.807, 2.05) is 0 Å². The summed E-state index contributed by atoms with van der Waals surface area (Å²) >= 11 is 0. The van der Waals surface area contributed by atoms with Gasteiger partial charge in [0.1, 0.15) is 0 Å². The molecule has 96 valence electrons. The molecule has 0 rings (SSSR count). The Kier molecular flexibility index (Phi) is 20.7. The van der Waals surface area contributed by atoms with Crippen LogP contribution < -0.4 is 0 Å². The SMILES string of the molecule is O=C(O)C(=O)O.O=C(O)C(O)C(O)C(=O)O.[KH].[NaH]. The van der Waals surface area contributed by atoms with Gasteiger partial charge in [-0.25, -0.2) is 19.2 Å². The van der Waals surface area contributed by atoms with E-state index in [-0.39, 0.29) is 80.9 Å². The van der Waals surface area contributed by atoms with Gasteiger partial charge < -0.3 is 30.6 Å². The Morgan fingerprint density at radius 2 is 0.833 bits per heavy atom. The molecule has 0 fully saturated rings. The molecule has 0 radical (unpaired) electrons. The van der Waals surface area contributed by atoms with Gasteiger partial charge in [-0.1, -0.05) is 0 Å². The molecule has 0 spiro atoms. The Bertz CT molecular complexity index is 275. The minimum atomic E-state index is -2.27. The molecule has 6 N–H and O–H groups in total. The fraction of sp³-hybridized carbons (Fsp3) is 0.333. The molecule has 0 aromatic rings. The third-order valence-corrected chi connectivity index (χ3v) is 0.988. The Balaban J connectivity index is -0.000000108. The quantitative estimate of drug-likeness (QED) is 0.220. The predicted octanol–water partition coefficient (Wildman–Crippen LogP) is -4.26. The van der Waals surface area contributed by atoms with Crippen molar-refractivity contribution in [3.05, 3.63) is 0 Å². The summed E-state index contributed by atoms with van der Waals surface area (Å²) in [5.74, 6) is -7.19. The van der Waals surface area contributed by atoms with Crippen LogP contribution in [0.25, 0.3) is 0 Å². The van der Waals surface area contributed by atoms with Crippen LogP contribution in [0.5, 0.6) is 0 Å². The summed E-state index contributed by atoms with van der Waals surface area (Å²) < 4.78 is 0. The first kappa shape index (κ1) is 26.9. The zero-order valence-corrected chi connectivity index (χ0v) is 7.47. The van der Waals surface area contributed by atoms with Crippen molar-refractivity contribution >= 4 is 105 Å². The molecular formula is C6H10KNaO10. The first-order valence-electron chi connectivity index (χ1n) is 3.39. The number of aliphatic carboxylic acids is 4. The Morgan fingerprint density at radius 3 is 0.889 bits per heavy atom. The Morgan fingerprint density at radius 1 is 0.667 bits per heavy atom. The Hall–Kier alpha value is 0.436. The molecule has 2 atom stereocenters. The molecule has 0 amide bonds. The fourth-order valence-electron chi connectivity index (χ4n) is 0.270. The van der Waals surface area contributed by atoms with Crippen molar-refractivity contribution < 1.29 is 49.8 Å². The number of hydrogen-bond acceptors (Lipinski definition) is 6. The topological polar surface area (TPSA) is 190 Å². The molecule has 0 aliphatic carbocycles. The number of carboxylic acid groups (broad SMARTS) is 4. The van der Waals surface area contributed by atoms with E-state index in [0.717, 1.165) is 0 Å². The van der Waals surface area contributed by atoms with Gasteiger partial charge in [0.25, 0.3) is 0 Å². The van der Waals surface area contributed by atoms with Gasteiger partial charge in [-0.2, -0.15) is 0 Å². The predicted molar refractivity (Wildman–Crippen MR) is 56.9 cm³/mol. The van der Waals surface area contributed by atoms with Gasteiger partial charge in [-0.3, -0.25) is 0 Å². The monoisotopic (exact) mass is 304 g/mol. The zero-order valence-electron chi connectivity index (χ0n) is 7.47. The van der Waals surface area contributed by atoms with Crippen LogP contribution in [0.3, 0.4) is 0 Å². The summed E-state index contributed by atoms with van der Waals surface area (Å²) in [4.78, 5) is 37.7. The second-order valence-electron chi connectivity index (χ2n) is 2.18. The molecule has 2 unspecified atom stereocenters. The molecule has 10 nitrogen and oxygen atoms in total. The summed E-state index contributed by atoms with van der Waals surface area (Å²) in [6.07, 6.45) is -4.53. The summed E-state index contributed by atoms with van der Waals surface area (Å²) in [7, 11) is 0. The molecule has 0 aliphatic heterocycles. The normalized spacial score (nSPS) is 11.2. The number of rotatable bonds is 3. The van der Waals surface area contributed by atoms with E-state index in [9.17, 15) is 9.59 Å². The average molecular weight is 304 g/mol. The number of carbonyl (C=O) groups is 4. The van der Waals surface area contributed by atoms with E-state index >= 15 is 0 Å². The fourth-order valence-corrected chi connectivity index (χ4v) is 0.270. The summed E-state index contributed by atoms with van der Waals surface area (Å²) in [6.45, 7) is 0. The van der Waals surface area contributed by atoms with Crippen LogP contribution in [0.2, 0.25) is 0 Å². The average Bonchev–Trinajstić information content (AvgIpc) is 2.15. The summed E-state index contributed by atoms with van der Waals surface area (Å²) in [6, 6.07) is 0. The molecule has 0 aromatic heterocycles. The van der Waals surface area contributed by atoms with E-state index in [1.165, 1.54) is 0 Å². The maximum absolute atomic E-state index is 9.77. The van der Waals surface area contributed by atoms with Crippen LogP contribution in [-0.2, 0) is 19.2 Å². The molecule has 0 aliphatic rings. The number of carboxylic acids is 4. The molecule has 0 saturated heterocycles. The van der Waals surface area contributed by atoms with Crippen LogP contribution in [0.4, 0.5) is 0 Å². The summed E-state index contributed by atoms with van der Waals surface area (Å²) in [5, 5.41) is 47.3. The van der Waals surface area contributed by atoms with Crippen molar-refractivity contribution in [1.29, 1.82) is 0 Å². The van der Waals surface area contributed by atoms with Gasteiger partial charge in [-0.15, -0.1) is 0 Å². The molecule has 0 saturated carbocycles. The third-order valence-electron chi connectivity index (χ3n) is 0.988. The minimum absolute atomic E-state index is 0. The van der Waals surface area contributed by atoms with Gasteiger partial charge in [0.05, 0.1) is 0 Å². The van der Waals surface area contributed by atoms with E-state index in [0.29, 0.717) is 0 Å². The van der Waals surface area contributed by atoms with E-state index < -0.39 is 36.1 Å². The molecule has 0 heterocycles. The van der Waals surface area contributed by atoms with Crippen molar-refractivity contribution in [3.63, 3.8) is 0 Å². The summed E-state index contributed by atoms with van der Waals surface area (Å²) in [5.41, 5.74) is 0. The second kappa shape index (κ2) is 13.9. The number of aliphatic hydroxyl groups is 2. The molecular weight excluding hydrogens is 294 g/mol. The zero-order chi connectivity index (χ0) is 13.5. The van der Waals surface area contributed by atoms with E-state index in [2.05, 4.69) is 0 Å². The molecule has 0 aromatic carbocycles. The van der Waals surface area contributed by atoms with Gasteiger partial charge in [0, 0.05) is 0 Å². The molecule has 0 bridgehead atoms. The van der Waals surface area contributed by atoms with Crippen molar-refractivity contribution in [1.82, 2.24) is 0 Å². The van der Waals surface area contributed by atoms with Crippen LogP contribution in [0.15, 0.2) is 0 Å².